The molecular weight excluding hydrogens is 376 g/mol. The Balaban J connectivity index is 1.88. The number of nitrogens with one attached hydrogen (secondary N) is 1. The normalized spacial score (nSPS) is 11.9. The second-order valence-corrected chi connectivity index (χ2v) is 7.60. The molecule has 0 unspecified atom stereocenters. The van der Waals surface area contributed by atoms with Crippen LogP contribution in [0.15, 0.2) is 60.6 Å². The van der Waals surface area contributed by atoms with Crippen molar-refractivity contribution in [1.29, 1.82) is 0 Å². The van der Waals surface area contributed by atoms with Crippen LogP contribution in [0, 0.1) is 0 Å². The molecule has 26 heavy (non-hydrogen) atoms. The fourth-order valence-corrected chi connectivity index (χ4v) is 2.79. The molecule has 1 aromatic heterocycles. The molecule has 138 valence electrons. The highest BCUT2D eigenvalue weighted by molar-refractivity contribution is 7.88. The fraction of sp³-hybridized carbons (Fsp3) is 0.176. The van der Waals surface area contributed by atoms with E-state index in [1.807, 2.05) is 0 Å². The summed E-state index contributed by atoms with van der Waals surface area (Å²) < 4.78 is 27.8. The van der Waals surface area contributed by atoms with Crippen molar-refractivity contribution >= 4 is 27.6 Å². The highest BCUT2D eigenvalue weighted by Gasteiger charge is 2.05. The third kappa shape index (κ3) is 7.22. The first-order chi connectivity index (χ1) is 12.2. The van der Waals surface area contributed by atoms with E-state index in [4.69, 9.17) is 21.5 Å². The minimum atomic E-state index is -3.55. The monoisotopic (exact) mass is 394 g/mol. The smallest absolute Gasteiger partial charge is 0.222 e. The van der Waals surface area contributed by atoms with E-state index in [-0.39, 0.29) is 5.75 Å². The fourth-order valence-electron chi connectivity index (χ4n) is 2.04. The van der Waals surface area contributed by atoms with Gasteiger partial charge in [-0.3, -0.25) is 0 Å². The summed E-state index contributed by atoms with van der Waals surface area (Å²) in [6.07, 6.45) is 4.79. The van der Waals surface area contributed by atoms with Crippen LogP contribution in [0.2, 0.25) is 5.02 Å². The molecule has 0 radical (unpaired) electrons. The van der Waals surface area contributed by atoms with Crippen LogP contribution < -0.4 is 15.2 Å². The molecule has 1 aromatic carbocycles. The first-order valence-electron chi connectivity index (χ1n) is 7.56. The second kappa shape index (κ2) is 8.79. The summed E-state index contributed by atoms with van der Waals surface area (Å²) in [4.78, 5) is 8.06. The predicted molar refractivity (Wildman–Crippen MR) is 102 cm³/mol. The van der Waals surface area contributed by atoms with E-state index in [1.165, 1.54) is 12.4 Å². The first-order valence-corrected chi connectivity index (χ1v) is 9.65. The molecule has 0 aliphatic heterocycles. The zero-order valence-corrected chi connectivity index (χ0v) is 15.7. The Labute approximate surface area is 157 Å². The maximum absolute atomic E-state index is 11.1. The lowest BCUT2D eigenvalue weighted by atomic mass is 10.2. The number of rotatable bonds is 8. The molecule has 0 aliphatic rings. The second-order valence-electron chi connectivity index (χ2n) is 5.54. The lowest BCUT2D eigenvalue weighted by Crippen LogP contribution is -2.14. The molecule has 0 saturated heterocycles. The standard InChI is InChI=1S/C17H19ClN4O3S/c1-12(8-20-17-21-9-15(18)10-22-17)7-13(2)25-16-5-3-14(4-6-16)11-26(19,23)24/h3-7,9-10H,1,8,11H2,2H3,(H2,19,23,24)(H,20,21,22)/b13-7+. The van der Waals surface area contributed by atoms with Gasteiger partial charge in [0.25, 0.3) is 0 Å². The number of nitrogens with two attached hydrogens (primary N) is 1. The number of halogens is 1. The van der Waals surface area contributed by atoms with E-state index in [2.05, 4.69) is 21.9 Å². The third-order valence-electron chi connectivity index (χ3n) is 3.07. The third-order valence-corrected chi connectivity index (χ3v) is 4.00. The number of benzene rings is 1. The summed E-state index contributed by atoms with van der Waals surface area (Å²) in [7, 11) is -3.55. The van der Waals surface area contributed by atoms with Crippen LogP contribution in [0.4, 0.5) is 5.95 Å². The Hall–Kier alpha value is -2.42. The van der Waals surface area contributed by atoms with E-state index < -0.39 is 10.0 Å². The molecule has 2 rings (SSSR count). The predicted octanol–water partition coefficient (Wildman–Crippen LogP) is 2.87. The van der Waals surface area contributed by atoms with Gasteiger partial charge in [0, 0.05) is 6.54 Å². The molecule has 0 fully saturated rings. The molecule has 0 atom stereocenters. The number of primary sulfonamides is 1. The number of sulfonamides is 1. The molecule has 0 amide bonds. The van der Waals surface area contributed by atoms with Gasteiger partial charge in [0.2, 0.25) is 16.0 Å². The lowest BCUT2D eigenvalue weighted by molar-refractivity contribution is 0.427. The largest absolute Gasteiger partial charge is 0.462 e. The van der Waals surface area contributed by atoms with Gasteiger partial charge in [0.15, 0.2) is 0 Å². The van der Waals surface area contributed by atoms with Crippen LogP contribution in [0.1, 0.15) is 12.5 Å². The summed E-state index contributed by atoms with van der Waals surface area (Å²) in [5.74, 6) is 1.46. The Morgan fingerprint density at radius 1 is 1.31 bits per heavy atom. The van der Waals surface area contributed by atoms with Crippen molar-refractivity contribution in [2.24, 2.45) is 5.14 Å². The Bertz CT molecular complexity index is 895. The maximum Gasteiger partial charge on any atom is 0.222 e. The Kier molecular flexibility index (Phi) is 6.73. The molecule has 7 nitrogen and oxygen atoms in total. The zero-order chi connectivity index (χ0) is 19.2. The molecule has 3 N–H and O–H groups in total. The molecule has 2 aromatic rings. The van der Waals surface area contributed by atoms with Crippen LogP contribution in [0.5, 0.6) is 5.75 Å². The van der Waals surface area contributed by atoms with E-state index in [1.54, 1.807) is 37.3 Å². The van der Waals surface area contributed by atoms with Gasteiger partial charge in [-0.15, -0.1) is 0 Å². The summed E-state index contributed by atoms with van der Waals surface area (Å²) >= 11 is 5.73. The number of ether oxygens (including phenoxy) is 1. The van der Waals surface area contributed by atoms with Crippen molar-refractivity contribution in [3.63, 3.8) is 0 Å². The average Bonchev–Trinajstić information content (AvgIpc) is 2.55. The van der Waals surface area contributed by atoms with Crippen molar-refractivity contribution in [1.82, 2.24) is 9.97 Å². The van der Waals surface area contributed by atoms with Crippen LogP contribution >= 0.6 is 11.6 Å². The van der Waals surface area contributed by atoms with Gasteiger partial charge in [0.05, 0.1) is 23.2 Å². The Morgan fingerprint density at radius 2 is 1.92 bits per heavy atom. The molecule has 1 heterocycles. The zero-order valence-electron chi connectivity index (χ0n) is 14.1. The molecule has 0 saturated carbocycles. The van der Waals surface area contributed by atoms with Crippen LogP contribution in [-0.4, -0.2) is 24.9 Å². The highest BCUT2D eigenvalue weighted by Crippen LogP contribution is 2.17. The van der Waals surface area contributed by atoms with Gasteiger partial charge in [-0.25, -0.2) is 23.5 Å². The summed E-state index contributed by atoms with van der Waals surface area (Å²) in [5, 5.41) is 8.51. The van der Waals surface area contributed by atoms with Crippen molar-refractivity contribution in [3.8, 4) is 5.75 Å². The number of hydrogen-bond acceptors (Lipinski definition) is 6. The minimum Gasteiger partial charge on any atom is -0.462 e. The lowest BCUT2D eigenvalue weighted by Gasteiger charge is -2.09. The van der Waals surface area contributed by atoms with Gasteiger partial charge < -0.3 is 10.1 Å². The van der Waals surface area contributed by atoms with Crippen LogP contribution in [-0.2, 0) is 15.8 Å². The number of allylic oxidation sites excluding steroid dienone is 1. The van der Waals surface area contributed by atoms with Crippen molar-refractivity contribution < 1.29 is 13.2 Å². The van der Waals surface area contributed by atoms with Crippen molar-refractivity contribution in [2.45, 2.75) is 12.7 Å². The van der Waals surface area contributed by atoms with Gasteiger partial charge in [-0.2, -0.15) is 0 Å². The highest BCUT2D eigenvalue weighted by atomic mass is 35.5. The molecule has 9 heteroatoms. The number of nitrogens with zero attached hydrogens (tertiary/aromatic N) is 2. The number of anilines is 1. The molecule has 0 spiro atoms. The molecule has 0 aliphatic carbocycles. The Morgan fingerprint density at radius 3 is 2.50 bits per heavy atom. The van der Waals surface area contributed by atoms with Crippen LogP contribution in [0.3, 0.4) is 0 Å². The quantitative estimate of drug-likeness (QED) is 0.526. The topological polar surface area (TPSA) is 107 Å². The SMILES string of the molecule is C=C(/C=C(\C)Oc1ccc(CS(N)(=O)=O)cc1)CNc1ncc(Cl)cn1. The molecular formula is C17H19ClN4O3S. The van der Waals surface area contributed by atoms with Gasteiger partial charge in [-0.1, -0.05) is 30.3 Å². The number of aromatic nitrogens is 2. The van der Waals surface area contributed by atoms with Gasteiger partial charge in [-0.05, 0) is 36.3 Å². The van der Waals surface area contributed by atoms with E-state index >= 15 is 0 Å². The van der Waals surface area contributed by atoms with Crippen molar-refractivity contribution in [3.05, 3.63) is 71.2 Å². The number of hydrogen-bond donors (Lipinski definition) is 2. The van der Waals surface area contributed by atoms with E-state index in [9.17, 15) is 8.42 Å². The van der Waals surface area contributed by atoms with Crippen molar-refractivity contribution in [2.75, 3.05) is 11.9 Å². The van der Waals surface area contributed by atoms with E-state index in [0.717, 1.165) is 5.57 Å². The van der Waals surface area contributed by atoms with Gasteiger partial charge >= 0.3 is 0 Å². The summed E-state index contributed by atoms with van der Waals surface area (Å²) in [5.41, 5.74) is 1.37. The van der Waals surface area contributed by atoms with Crippen LogP contribution in [0.25, 0.3) is 0 Å². The summed E-state index contributed by atoms with van der Waals surface area (Å²) in [6.45, 7) is 6.18. The minimum absolute atomic E-state index is 0.211. The first kappa shape index (κ1) is 19.9. The average molecular weight is 395 g/mol. The van der Waals surface area contributed by atoms with E-state index in [0.29, 0.717) is 34.6 Å². The maximum atomic E-state index is 11.1. The van der Waals surface area contributed by atoms with Gasteiger partial charge in [0.1, 0.15) is 11.5 Å². The molecule has 0 bridgehead atoms. The summed E-state index contributed by atoms with van der Waals surface area (Å²) in [6, 6.07) is 6.67.